The molecule has 0 bridgehead atoms. The average Bonchev–Trinajstić information content (AvgIpc) is 2.79. The highest BCUT2D eigenvalue weighted by molar-refractivity contribution is 5.98. The second kappa shape index (κ2) is 9.97. The summed E-state index contributed by atoms with van der Waals surface area (Å²) in [4.78, 5) is 38.7. The number of amides is 2. The van der Waals surface area contributed by atoms with E-state index >= 15 is 0 Å². The van der Waals surface area contributed by atoms with Crippen molar-refractivity contribution in [2.75, 3.05) is 31.0 Å². The molecule has 3 rings (SSSR count). The number of nitrogens with zero attached hydrogens (tertiary/aromatic N) is 1. The Hall–Kier alpha value is -3.55. The van der Waals surface area contributed by atoms with Gasteiger partial charge in [-0.3, -0.25) is 9.59 Å². The Labute approximate surface area is 181 Å². The molecule has 8 nitrogen and oxygen atoms in total. The number of nitrogens with one attached hydrogen (secondary N) is 1. The monoisotopic (exact) mass is 426 g/mol. The second-order valence-electron chi connectivity index (χ2n) is 7.19. The zero-order valence-corrected chi connectivity index (χ0v) is 17.8. The molecule has 1 aliphatic rings. The molecule has 0 radical (unpaired) electrons. The summed E-state index contributed by atoms with van der Waals surface area (Å²) in [6.07, 6.45) is 1.38. The van der Waals surface area contributed by atoms with E-state index in [-0.39, 0.29) is 5.91 Å². The van der Waals surface area contributed by atoms with Crippen LogP contribution in [0.1, 0.15) is 36.5 Å². The van der Waals surface area contributed by atoms with E-state index in [0.717, 1.165) is 18.5 Å². The summed E-state index contributed by atoms with van der Waals surface area (Å²) in [6, 6.07) is 11.6. The number of benzene rings is 2. The normalized spacial score (nSPS) is 14.5. The summed E-state index contributed by atoms with van der Waals surface area (Å²) < 4.78 is 15.7. The van der Waals surface area contributed by atoms with Crippen molar-refractivity contribution in [3.63, 3.8) is 0 Å². The van der Waals surface area contributed by atoms with Crippen molar-refractivity contribution in [3.05, 3.63) is 48.0 Å². The van der Waals surface area contributed by atoms with Crippen LogP contribution in [0.4, 0.5) is 11.4 Å². The molecule has 0 spiro atoms. The number of carbonyl (C=O) groups excluding carboxylic acids is 3. The first-order chi connectivity index (χ1) is 14.9. The van der Waals surface area contributed by atoms with Crippen LogP contribution in [0.5, 0.6) is 11.5 Å². The summed E-state index contributed by atoms with van der Waals surface area (Å²) >= 11 is 0. The molecule has 1 N–H and O–H groups in total. The SMILES string of the molecule is COc1cc(NC(=O)[C@@H](C)OC(=O)c2ccc(N3CCCCC3=O)cc2)cc(OC)c1. The number of esters is 1. The lowest BCUT2D eigenvalue weighted by Crippen LogP contribution is -2.35. The Bertz CT molecular complexity index is 935. The van der Waals surface area contributed by atoms with Crippen molar-refractivity contribution >= 4 is 29.2 Å². The summed E-state index contributed by atoms with van der Waals surface area (Å²) in [5.74, 6) is 0.0146. The van der Waals surface area contributed by atoms with Crippen LogP contribution < -0.4 is 19.7 Å². The van der Waals surface area contributed by atoms with E-state index in [1.165, 1.54) is 21.1 Å². The average molecular weight is 426 g/mol. The molecule has 2 aromatic rings. The van der Waals surface area contributed by atoms with Crippen LogP contribution in [0, 0.1) is 0 Å². The number of hydrogen-bond acceptors (Lipinski definition) is 6. The molecule has 164 valence electrons. The molecule has 1 atom stereocenters. The first-order valence-electron chi connectivity index (χ1n) is 10.1. The van der Waals surface area contributed by atoms with Gasteiger partial charge in [-0.1, -0.05) is 0 Å². The Balaban J connectivity index is 1.61. The smallest absolute Gasteiger partial charge is 0.338 e. The number of piperidine rings is 1. The highest BCUT2D eigenvalue weighted by Gasteiger charge is 2.22. The van der Waals surface area contributed by atoms with Crippen LogP contribution in [0.25, 0.3) is 0 Å². The largest absolute Gasteiger partial charge is 0.497 e. The summed E-state index contributed by atoms with van der Waals surface area (Å²) in [5.41, 5.74) is 1.51. The number of methoxy groups -OCH3 is 2. The van der Waals surface area contributed by atoms with Crippen LogP contribution in [-0.4, -0.2) is 44.7 Å². The van der Waals surface area contributed by atoms with Gasteiger partial charge in [0.2, 0.25) is 5.91 Å². The molecular formula is C23H26N2O6. The van der Waals surface area contributed by atoms with E-state index in [4.69, 9.17) is 14.2 Å². The third kappa shape index (κ3) is 5.53. The summed E-state index contributed by atoms with van der Waals surface area (Å²) in [6.45, 7) is 2.17. The molecule has 31 heavy (non-hydrogen) atoms. The molecule has 1 aliphatic heterocycles. The van der Waals surface area contributed by atoms with Crippen LogP contribution in [0.2, 0.25) is 0 Å². The van der Waals surface area contributed by atoms with Crippen LogP contribution in [0.3, 0.4) is 0 Å². The molecule has 8 heteroatoms. The van der Waals surface area contributed by atoms with E-state index in [2.05, 4.69) is 5.32 Å². The second-order valence-corrected chi connectivity index (χ2v) is 7.19. The first-order valence-corrected chi connectivity index (χ1v) is 10.1. The zero-order chi connectivity index (χ0) is 22.4. The van der Waals surface area contributed by atoms with Crippen molar-refractivity contribution in [1.29, 1.82) is 0 Å². The van der Waals surface area contributed by atoms with Gasteiger partial charge >= 0.3 is 5.97 Å². The van der Waals surface area contributed by atoms with Gasteiger partial charge in [-0.05, 0) is 44.0 Å². The molecule has 1 fully saturated rings. The van der Waals surface area contributed by atoms with E-state index in [1.807, 2.05) is 0 Å². The van der Waals surface area contributed by atoms with Gasteiger partial charge in [0.05, 0.1) is 19.8 Å². The Kier molecular flexibility index (Phi) is 7.12. The molecular weight excluding hydrogens is 400 g/mol. The van der Waals surface area contributed by atoms with Gasteiger partial charge in [-0.2, -0.15) is 0 Å². The maximum atomic E-state index is 12.5. The zero-order valence-electron chi connectivity index (χ0n) is 17.8. The Morgan fingerprint density at radius 2 is 1.65 bits per heavy atom. The number of carbonyl (C=O) groups is 3. The van der Waals surface area contributed by atoms with E-state index in [9.17, 15) is 14.4 Å². The number of rotatable bonds is 7. The lowest BCUT2D eigenvalue weighted by Gasteiger charge is -2.26. The molecule has 0 aliphatic carbocycles. The van der Waals surface area contributed by atoms with Crippen LogP contribution >= 0.6 is 0 Å². The predicted molar refractivity (Wildman–Crippen MR) is 116 cm³/mol. The summed E-state index contributed by atoms with van der Waals surface area (Å²) in [5, 5.41) is 2.68. The standard InChI is InChI=1S/C23H26N2O6/c1-15(22(27)24-17-12-19(29-2)14-20(13-17)30-3)31-23(28)16-7-9-18(10-8-16)25-11-5-4-6-21(25)26/h7-10,12-15H,4-6,11H2,1-3H3,(H,24,27)/t15-/m1/s1. The van der Waals surface area contributed by atoms with Gasteiger partial charge in [0.15, 0.2) is 6.10 Å². The Morgan fingerprint density at radius 1 is 1.00 bits per heavy atom. The predicted octanol–water partition coefficient (Wildman–Crippen LogP) is 3.40. The first kappa shape index (κ1) is 22.1. The number of ether oxygens (including phenoxy) is 3. The van der Waals surface area contributed by atoms with Gasteiger partial charge in [0.1, 0.15) is 11.5 Å². The molecule has 0 aromatic heterocycles. The number of anilines is 2. The van der Waals surface area contributed by atoms with Crippen LogP contribution in [-0.2, 0) is 14.3 Å². The fraction of sp³-hybridized carbons (Fsp3) is 0.348. The van der Waals surface area contributed by atoms with Gasteiger partial charge < -0.3 is 24.4 Å². The highest BCUT2D eigenvalue weighted by atomic mass is 16.5. The lowest BCUT2D eigenvalue weighted by atomic mass is 10.1. The number of hydrogen-bond donors (Lipinski definition) is 1. The van der Waals surface area contributed by atoms with E-state index in [1.54, 1.807) is 47.4 Å². The quantitative estimate of drug-likeness (QED) is 0.682. The minimum atomic E-state index is -1.02. The molecule has 1 saturated heterocycles. The third-order valence-electron chi connectivity index (χ3n) is 5.01. The maximum Gasteiger partial charge on any atom is 0.338 e. The van der Waals surface area contributed by atoms with Gasteiger partial charge in [0, 0.05) is 42.5 Å². The molecule has 2 amide bonds. The topological polar surface area (TPSA) is 94.2 Å². The van der Waals surface area contributed by atoms with E-state index < -0.39 is 18.0 Å². The van der Waals surface area contributed by atoms with Crippen molar-refractivity contribution in [3.8, 4) is 11.5 Å². The molecule has 1 heterocycles. The van der Waals surface area contributed by atoms with Gasteiger partial charge in [-0.25, -0.2) is 4.79 Å². The minimum absolute atomic E-state index is 0.0843. The molecule has 0 unspecified atom stereocenters. The fourth-order valence-electron chi connectivity index (χ4n) is 3.26. The third-order valence-corrected chi connectivity index (χ3v) is 5.01. The van der Waals surface area contributed by atoms with Gasteiger partial charge in [0.25, 0.3) is 5.91 Å². The van der Waals surface area contributed by atoms with E-state index in [0.29, 0.717) is 35.7 Å². The molecule has 2 aromatic carbocycles. The highest BCUT2D eigenvalue weighted by Crippen LogP contribution is 2.26. The van der Waals surface area contributed by atoms with Crippen molar-refractivity contribution < 1.29 is 28.6 Å². The lowest BCUT2D eigenvalue weighted by molar-refractivity contribution is -0.123. The van der Waals surface area contributed by atoms with Crippen molar-refractivity contribution in [2.45, 2.75) is 32.3 Å². The van der Waals surface area contributed by atoms with Crippen LogP contribution in [0.15, 0.2) is 42.5 Å². The fourth-order valence-corrected chi connectivity index (χ4v) is 3.26. The maximum absolute atomic E-state index is 12.5. The summed E-state index contributed by atoms with van der Waals surface area (Å²) in [7, 11) is 3.02. The molecule has 0 saturated carbocycles. The van der Waals surface area contributed by atoms with Crippen molar-refractivity contribution in [1.82, 2.24) is 0 Å². The van der Waals surface area contributed by atoms with Gasteiger partial charge in [-0.15, -0.1) is 0 Å². The Morgan fingerprint density at radius 3 is 2.23 bits per heavy atom. The minimum Gasteiger partial charge on any atom is -0.497 e. The van der Waals surface area contributed by atoms with Crippen molar-refractivity contribution in [2.24, 2.45) is 0 Å².